The maximum atomic E-state index is 12.4. The number of carbonyl (C=O) groups is 2. The fraction of sp³-hybridized carbons (Fsp3) is 0.176. The lowest BCUT2D eigenvalue weighted by atomic mass is 9.93. The minimum atomic E-state index is -2.11. The second-order valence-electron chi connectivity index (χ2n) is 4.97. The van der Waals surface area contributed by atoms with E-state index in [2.05, 4.69) is 0 Å². The van der Waals surface area contributed by atoms with E-state index in [1.165, 1.54) is 18.9 Å². The van der Waals surface area contributed by atoms with E-state index in [1.807, 2.05) is 6.07 Å². The van der Waals surface area contributed by atoms with Crippen molar-refractivity contribution in [2.75, 3.05) is 11.9 Å². The van der Waals surface area contributed by atoms with Crippen LogP contribution in [0.2, 0.25) is 0 Å². The molecular weight excluding hydrogens is 266 g/mol. The second kappa shape index (κ2) is 5.89. The van der Waals surface area contributed by atoms with Gasteiger partial charge in [-0.2, -0.15) is 0 Å². The maximum Gasteiger partial charge on any atom is 0.266 e. The number of ketones is 1. The van der Waals surface area contributed by atoms with Crippen LogP contribution in [-0.2, 0) is 4.79 Å². The average molecular weight is 283 g/mol. The molecule has 0 fully saturated rings. The van der Waals surface area contributed by atoms with E-state index in [4.69, 9.17) is 0 Å². The number of nitrogens with zero attached hydrogens (tertiary/aromatic N) is 1. The Hall–Kier alpha value is -2.46. The van der Waals surface area contributed by atoms with Crippen LogP contribution in [0.3, 0.4) is 0 Å². The number of carbonyl (C=O) groups excluding carboxylic acids is 2. The summed E-state index contributed by atoms with van der Waals surface area (Å²) in [5.74, 6) is -1.28. The summed E-state index contributed by atoms with van der Waals surface area (Å²) in [5, 5.41) is 10.4. The molecule has 0 bridgehead atoms. The summed E-state index contributed by atoms with van der Waals surface area (Å²) < 4.78 is 0. The van der Waals surface area contributed by atoms with Gasteiger partial charge in [-0.25, -0.2) is 0 Å². The van der Waals surface area contributed by atoms with Crippen molar-refractivity contribution in [3.05, 3.63) is 66.2 Å². The average Bonchev–Trinajstić information content (AvgIpc) is 2.54. The summed E-state index contributed by atoms with van der Waals surface area (Å²) in [6.45, 7) is 1.23. The Labute approximate surface area is 123 Å². The van der Waals surface area contributed by atoms with Gasteiger partial charge in [0.25, 0.3) is 5.91 Å². The number of hydrogen-bond acceptors (Lipinski definition) is 3. The first-order chi connectivity index (χ1) is 9.94. The monoisotopic (exact) mass is 283 g/mol. The van der Waals surface area contributed by atoms with Crippen LogP contribution in [0.25, 0.3) is 0 Å². The number of hydrogen-bond donors (Lipinski definition) is 1. The molecule has 0 aromatic heterocycles. The Kier molecular flexibility index (Phi) is 4.19. The van der Waals surface area contributed by atoms with Gasteiger partial charge in [-0.1, -0.05) is 48.5 Å². The van der Waals surface area contributed by atoms with E-state index in [0.29, 0.717) is 11.3 Å². The largest absolute Gasteiger partial charge is 0.373 e. The molecule has 1 amide bonds. The Balaban J connectivity index is 2.27. The Morgan fingerprint density at radius 2 is 1.43 bits per heavy atom. The number of likely N-dealkylation sites (N-methyl/N-ethyl adjacent to an activating group) is 1. The van der Waals surface area contributed by atoms with Crippen molar-refractivity contribution in [2.24, 2.45) is 0 Å². The highest BCUT2D eigenvalue weighted by Gasteiger charge is 2.41. The summed E-state index contributed by atoms with van der Waals surface area (Å²) in [5.41, 5.74) is -1.19. The molecule has 0 aliphatic heterocycles. The SMILES string of the molecule is CN(C(=O)C(C)(O)C(=O)c1ccccc1)c1ccccc1. The third kappa shape index (κ3) is 3.01. The lowest BCUT2D eigenvalue weighted by molar-refractivity contribution is -0.130. The van der Waals surface area contributed by atoms with E-state index in [1.54, 1.807) is 54.6 Å². The molecule has 4 nitrogen and oxygen atoms in total. The second-order valence-corrected chi connectivity index (χ2v) is 4.97. The third-order valence-corrected chi connectivity index (χ3v) is 3.34. The van der Waals surface area contributed by atoms with Crippen molar-refractivity contribution in [2.45, 2.75) is 12.5 Å². The predicted molar refractivity (Wildman–Crippen MR) is 81.2 cm³/mol. The molecule has 0 radical (unpaired) electrons. The lowest BCUT2D eigenvalue weighted by Crippen LogP contribution is -2.51. The van der Waals surface area contributed by atoms with Crippen molar-refractivity contribution in [3.63, 3.8) is 0 Å². The number of anilines is 1. The molecule has 0 spiro atoms. The molecule has 4 heteroatoms. The summed E-state index contributed by atoms with van der Waals surface area (Å²) in [7, 11) is 1.53. The van der Waals surface area contributed by atoms with Crippen molar-refractivity contribution >= 4 is 17.4 Å². The zero-order chi connectivity index (χ0) is 15.5. The highest BCUT2D eigenvalue weighted by molar-refractivity contribution is 6.20. The highest BCUT2D eigenvalue weighted by Crippen LogP contribution is 2.20. The standard InChI is InChI=1S/C17H17NO3/c1-17(21,15(19)13-9-5-3-6-10-13)16(20)18(2)14-11-7-4-8-12-14/h3-12,21H,1-2H3. The van der Waals surface area contributed by atoms with Crippen LogP contribution in [0, 0.1) is 0 Å². The number of amides is 1. The maximum absolute atomic E-state index is 12.4. The fourth-order valence-electron chi connectivity index (χ4n) is 2.06. The molecule has 108 valence electrons. The zero-order valence-corrected chi connectivity index (χ0v) is 12.0. The van der Waals surface area contributed by atoms with Gasteiger partial charge in [0.05, 0.1) is 0 Å². The smallest absolute Gasteiger partial charge is 0.266 e. The summed E-state index contributed by atoms with van der Waals surface area (Å²) >= 11 is 0. The molecule has 0 heterocycles. The molecule has 2 aromatic carbocycles. The molecule has 21 heavy (non-hydrogen) atoms. The van der Waals surface area contributed by atoms with Crippen LogP contribution >= 0.6 is 0 Å². The molecule has 2 aromatic rings. The van der Waals surface area contributed by atoms with E-state index in [-0.39, 0.29) is 0 Å². The molecule has 1 atom stereocenters. The molecule has 0 aliphatic carbocycles. The van der Waals surface area contributed by atoms with Crippen LogP contribution in [0.1, 0.15) is 17.3 Å². The molecule has 1 unspecified atom stereocenters. The first-order valence-corrected chi connectivity index (χ1v) is 6.60. The summed E-state index contributed by atoms with van der Waals surface area (Å²) in [6.07, 6.45) is 0. The molecular formula is C17H17NO3. The minimum Gasteiger partial charge on any atom is -0.373 e. The van der Waals surface area contributed by atoms with Gasteiger partial charge in [0, 0.05) is 18.3 Å². The first-order valence-electron chi connectivity index (χ1n) is 6.60. The lowest BCUT2D eigenvalue weighted by Gasteiger charge is -2.27. The van der Waals surface area contributed by atoms with Crippen molar-refractivity contribution in [3.8, 4) is 0 Å². The van der Waals surface area contributed by atoms with Crippen molar-refractivity contribution in [1.82, 2.24) is 0 Å². The number of aliphatic hydroxyl groups is 1. The van der Waals surface area contributed by atoms with Gasteiger partial charge in [0.15, 0.2) is 0 Å². The normalized spacial score (nSPS) is 13.3. The van der Waals surface area contributed by atoms with Crippen LogP contribution in [0.15, 0.2) is 60.7 Å². The van der Waals surface area contributed by atoms with Gasteiger partial charge in [0.1, 0.15) is 0 Å². The first kappa shape index (κ1) is 14.9. The van der Waals surface area contributed by atoms with Gasteiger partial charge < -0.3 is 10.0 Å². The topological polar surface area (TPSA) is 57.6 Å². The molecule has 0 aliphatic rings. The van der Waals surface area contributed by atoms with E-state index in [0.717, 1.165) is 0 Å². The number of rotatable bonds is 4. The van der Waals surface area contributed by atoms with Crippen molar-refractivity contribution < 1.29 is 14.7 Å². The van der Waals surface area contributed by atoms with Gasteiger partial charge in [0.2, 0.25) is 11.4 Å². The quantitative estimate of drug-likeness (QED) is 0.692. The Morgan fingerprint density at radius 3 is 1.95 bits per heavy atom. The van der Waals surface area contributed by atoms with Gasteiger partial charge in [-0.15, -0.1) is 0 Å². The number of para-hydroxylation sites is 1. The third-order valence-electron chi connectivity index (χ3n) is 3.34. The molecule has 0 saturated carbocycles. The van der Waals surface area contributed by atoms with Crippen LogP contribution in [0.5, 0.6) is 0 Å². The minimum absolute atomic E-state index is 0.303. The summed E-state index contributed by atoms with van der Waals surface area (Å²) in [4.78, 5) is 26.1. The zero-order valence-electron chi connectivity index (χ0n) is 12.0. The van der Waals surface area contributed by atoms with Crippen LogP contribution in [0.4, 0.5) is 5.69 Å². The van der Waals surface area contributed by atoms with E-state index < -0.39 is 17.3 Å². The van der Waals surface area contributed by atoms with Gasteiger partial charge in [-0.05, 0) is 19.1 Å². The van der Waals surface area contributed by atoms with Crippen LogP contribution < -0.4 is 4.90 Å². The number of benzene rings is 2. The van der Waals surface area contributed by atoms with Gasteiger partial charge >= 0.3 is 0 Å². The molecule has 1 N–H and O–H groups in total. The van der Waals surface area contributed by atoms with Crippen LogP contribution in [-0.4, -0.2) is 29.4 Å². The molecule has 2 rings (SSSR count). The van der Waals surface area contributed by atoms with Crippen molar-refractivity contribution in [1.29, 1.82) is 0 Å². The highest BCUT2D eigenvalue weighted by atomic mass is 16.3. The Bertz CT molecular complexity index is 636. The number of Topliss-reactive ketones (excluding diaryl/α,β-unsaturated/α-hetero) is 1. The van der Waals surface area contributed by atoms with E-state index in [9.17, 15) is 14.7 Å². The fourth-order valence-corrected chi connectivity index (χ4v) is 2.06. The molecule has 0 saturated heterocycles. The van der Waals surface area contributed by atoms with Gasteiger partial charge in [-0.3, -0.25) is 9.59 Å². The van der Waals surface area contributed by atoms with E-state index >= 15 is 0 Å². The Morgan fingerprint density at radius 1 is 0.952 bits per heavy atom. The summed E-state index contributed by atoms with van der Waals surface area (Å²) in [6, 6.07) is 17.2. The predicted octanol–water partition coefficient (Wildman–Crippen LogP) is 2.28.